The average molecular weight is 509 g/mol. The summed E-state index contributed by atoms with van der Waals surface area (Å²) in [5, 5.41) is 21.2. The number of likely N-dealkylation sites (tertiary alicyclic amines) is 1. The van der Waals surface area contributed by atoms with E-state index in [1.54, 1.807) is 11.3 Å². The molecule has 0 saturated carbocycles. The van der Waals surface area contributed by atoms with Gasteiger partial charge in [0.2, 0.25) is 0 Å². The molecular weight excluding hydrogens is 471 g/mol. The fourth-order valence-corrected chi connectivity index (χ4v) is 4.18. The van der Waals surface area contributed by atoms with Crippen molar-refractivity contribution in [3.63, 3.8) is 0 Å². The smallest absolute Gasteiger partial charge is 0.191 e. The minimum Gasteiger partial charge on any atom is -0.383 e. The molecule has 2 unspecified atom stereocenters. The molecule has 0 aromatic carbocycles. The average Bonchev–Trinajstić information content (AvgIpc) is 3.15. The maximum absolute atomic E-state index is 10.6. The van der Waals surface area contributed by atoms with E-state index in [1.807, 2.05) is 23.8 Å². The summed E-state index contributed by atoms with van der Waals surface area (Å²) >= 11 is 1.60. The quantitative estimate of drug-likeness (QED) is 0.206. The van der Waals surface area contributed by atoms with Crippen LogP contribution in [0.15, 0.2) is 21.8 Å². The number of rotatable bonds is 9. The van der Waals surface area contributed by atoms with Crippen molar-refractivity contribution in [1.82, 2.24) is 15.5 Å². The van der Waals surface area contributed by atoms with Crippen molar-refractivity contribution >= 4 is 41.3 Å². The molecule has 1 aliphatic rings. The molecule has 0 amide bonds. The molecule has 1 saturated heterocycles. The highest BCUT2D eigenvalue weighted by atomic mass is 127. The van der Waals surface area contributed by atoms with Crippen LogP contribution in [-0.2, 0) is 5.60 Å². The van der Waals surface area contributed by atoms with Crippen molar-refractivity contribution in [2.75, 3.05) is 39.3 Å². The van der Waals surface area contributed by atoms with Gasteiger partial charge >= 0.3 is 0 Å². The third-order valence-electron chi connectivity index (χ3n) is 4.97. The molecule has 156 valence electrons. The number of halogens is 1. The Kier molecular flexibility index (Phi) is 11.8. The summed E-state index contributed by atoms with van der Waals surface area (Å²) in [6.45, 7) is 12.0. The summed E-state index contributed by atoms with van der Waals surface area (Å²) in [7, 11) is 0. The van der Waals surface area contributed by atoms with Gasteiger partial charge in [-0.2, -0.15) is 11.3 Å². The van der Waals surface area contributed by atoms with Gasteiger partial charge < -0.3 is 20.6 Å². The van der Waals surface area contributed by atoms with E-state index >= 15 is 0 Å². The molecule has 1 aromatic rings. The number of hydrogen-bond donors (Lipinski definition) is 3. The second-order valence-corrected chi connectivity index (χ2v) is 8.44. The molecule has 0 aliphatic carbocycles. The normalized spacial score (nSPS) is 20.6. The highest BCUT2D eigenvalue weighted by molar-refractivity contribution is 14.0. The zero-order valence-electron chi connectivity index (χ0n) is 17.0. The van der Waals surface area contributed by atoms with Crippen molar-refractivity contribution in [3.8, 4) is 0 Å². The van der Waals surface area contributed by atoms with E-state index in [0.717, 1.165) is 37.0 Å². The van der Waals surface area contributed by atoms with Crippen LogP contribution in [0.25, 0.3) is 0 Å². The van der Waals surface area contributed by atoms with Crippen LogP contribution in [0, 0.1) is 5.92 Å². The van der Waals surface area contributed by atoms with Gasteiger partial charge in [-0.15, -0.1) is 24.0 Å². The molecule has 2 atom stereocenters. The maximum atomic E-state index is 10.6. The lowest BCUT2D eigenvalue weighted by atomic mass is 10.00. The van der Waals surface area contributed by atoms with Crippen LogP contribution in [-0.4, -0.2) is 55.2 Å². The van der Waals surface area contributed by atoms with Crippen LogP contribution in [0.5, 0.6) is 0 Å². The molecule has 2 rings (SSSR count). The lowest BCUT2D eigenvalue weighted by molar-refractivity contribution is 0.0677. The number of piperidine rings is 1. The maximum Gasteiger partial charge on any atom is 0.191 e. The summed E-state index contributed by atoms with van der Waals surface area (Å²) in [4.78, 5) is 7.18. The Balaban J connectivity index is 0.00000364. The summed E-state index contributed by atoms with van der Waals surface area (Å²) in [6, 6.07) is 1.96. The Hall–Kier alpha value is -0.380. The molecule has 3 N–H and O–H groups in total. The molecule has 0 bridgehead atoms. The predicted octanol–water partition coefficient (Wildman–Crippen LogP) is 3.64. The Morgan fingerprint density at radius 3 is 2.89 bits per heavy atom. The second-order valence-electron chi connectivity index (χ2n) is 7.66. The zero-order valence-corrected chi connectivity index (χ0v) is 20.2. The van der Waals surface area contributed by atoms with Crippen molar-refractivity contribution in [3.05, 3.63) is 22.4 Å². The Morgan fingerprint density at radius 2 is 2.22 bits per heavy atom. The minimum atomic E-state index is -0.923. The zero-order chi connectivity index (χ0) is 18.8. The first-order valence-corrected chi connectivity index (χ1v) is 10.9. The molecule has 1 aromatic heterocycles. The Bertz CT molecular complexity index is 536. The topological polar surface area (TPSA) is 59.9 Å². The van der Waals surface area contributed by atoms with E-state index < -0.39 is 5.60 Å². The SMILES string of the molecule is CCNC(=NCC(C)(O)c1ccsc1)NCCCCN1CCCC(C)C1.I. The Morgan fingerprint density at radius 1 is 1.41 bits per heavy atom. The summed E-state index contributed by atoms with van der Waals surface area (Å²) in [5.41, 5.74) is 0.00527. The monoisotopic (exact) mass is 508 g/mol. The lowest BCUT2D eigenvalue weighted by Gasteiger charge is -2.30. The summed E-state index contributed by atoms with van der Waals surface area (Å²) in [5.74, 6) is 1.64. The van der Waals surface area contributed by atoms with Gasteiger partial charge in [-0.1, -0.05) is 6.92 Å². The largest absolute Gasteiger partial charge is 0.383 e. The number of unbranched alkanes of at least 4 members (excludes halogenated alkanes) is 1. The number of thiophene rings is 1. The summed E-state index contributed by atoms with van der Waals surface area (Å²) in [6.07, 6.45) is 5.08. The number of hydrogen-bond acceptors (Lipinski definition) is 4. The standard InChI is InChI=1S/C20H36N4OS.HI/c1-4-21-19(23-16-20(3,25)18-9-13-26-15-18)22-10-5-6-11-24-12-7-8-17(2)14-24;/h9,13,15,17,25H,4-8,10-12,14,16H2,1-3H3,(H2,21,22,23);1H. The Labute approximate surface area is 186 Å². The van der Waals surface area contributed by atoms with Gasteiger partial charge in [0.05, 0.1) is 6.54 Å². The predicted molar refractivity (Wildman–Crippen MR) is 127 cm³/mol. The van der Waals surface area contributed by atoms with E-state index in [-0.39, 0.29) is 24.0 Å². The van der Waals surface area contributed by atoms with Crippen molar-refractivity contribution < 1.29 is 5.11 Å². The number of nitrogens with one attached hydrogen (secondary N) is 2. The molecule has 5 nitrogen and oxygen atoms in total. The molecule has 27 heavy (non-hydrogen) atoms. The number of aliphatic imine (C=N–C) groups is 1. The van der Waals surface area contributed by atoms with E-state index in [1.165, 1.54) is 38.9 Å². The lowest BCUT2D eigenvalue weighted by Crippen LogP contribution is -2.39. The van der Waals surface area contributed by atoms with E-state index in [0.29, 0.717) is 6.54 Å². The minimum absolute atomic E-state index is 0. The fraction of sp³-hybridized carbons (Fsp3) is 0.750. The third-order valence-corrected chi connectivity index (χ3v) is 5.65. The van der Waals surface area contributed by atoms with E-state index in [2.05, 4.69) is 34.4 Å². The first kappa shape index (κ1) is 24.7. The highest BCUT2D eigenvalue weighted by Gasteiger charge is 2.23. The van der Waals surface area contributed by atoms with Gasteiger partial charge in [0.15, 0.2) is 5.96 Å². The molecule has 1 aliphatic heterocycles. The van der Waals surface area contributed by atoms with Crippen LogP contribution in [0.3, 0.4) is 0 Å². The van der Waals surface area contributed by atoms with Gasteiger partial charge in [-0.3, -0.25) is 0 Å². The van der Waals surface area contributed by atoms with Gasteiger partial charge in [-0.05, 0) is 80.9 Å². The summed E-state index contributed by atoms with van der Waals surface area (Å²) < 4.78 is 0. The molecule has 2 heterocycles. The number of aliphatic hydroxyl groups is 1. The van der Waals surface area contributed by atoms with Gasteiger partial charge in [0.1, 0.15) is 5.60 Å². The van der Waals surface area contributed by atoms with Crippen molar-refractivity contribution in [2.24, 2.45) is 10.9 Å². The second kappa shape index (κ2) is 13.0. The first-order valence-electron chi connectivity index (χ1n) is 10.0. The molecule has 1 fully saturated rings. The highest BCUT2D eigenvalue weighted by Crippen LogP contribution is 2.23. The van der Waals surface area contributed by atoms with Gasteiger partial charge in [-0.25, -0.2) is 4.99 Å². The molecule has 7 heteroatoms. The van der Waals surface area contributed by atoms with E-state index in [4.69, 9.17) is 0 Å². The third kappa shape index (κ3) is 9.11. The molecular formula is C20H37IN4OS. The van der Waals surface area contributed by atoms with Gasteiger partial charge in [0.25, 0.3) is 0 Å². The van der Waals surface area contributed by atoms with Crippen molar-refractivity contribution in [1.29, 1.82) is 0 Å². The fourth-order valence-electron chi connectivity index (χ4n) is 3.39. The van der Waals surface area contributed by atoms with Crippen LogP contribution in [0.4, 0.5) is 0 Å². The molecule has 0 radical (unpaired) electrons. The van der Waals surface area contributed by atoms with Gasteiger partial charge in [0, 0.05) is 19.6 Å². The molecule has 0 spiro atoms. The van der Waals surface area contributed by atoms with Crippen LogP contribution >= 0.6 is 35.3 Å². The first-order chi connectivity index (χ1) is 12.5. The van der Waals surface area contributed by atoms with Crippen LogP contribution in [0.2, 0.25) is 0 Å². The number of guanidine groups is 1. The van der Waals surface area contributed by atoms with E-state index in [9.17, 15) is 5.11 Å². The number of nitrogens with zero attached hydrogens (tertiary/aromatic N) is 2. The van der Waals surface area contributed by atoms with Crippen LogP contribution < -0.4 is 10.6 Å². The van der Waals surface area contributed by atoms with Crippen LogP contribution in [0.1, 0.15) is 52.0 Å². The van der Waals surface area contributed by atoms with Crippen molar-refractivity contribution in [2.45, 2.75) is 52.1 Å².